The number of hydrogen-bond acceptors (Lipinski definition) is 4. The number of hydrogen-bond donors (Lipinski definition) is 2. The van der Waals surface area contributed by atoms with Gasteiger partial charge in [0, 0.05) is 0 Å². The van der Waals surface area contributed by atoms with Crippen LogP contribution in [0.15, 0.2) is 23.4 Å². The van der Waals surface area contributed by atoms with Crippen LogP contribution < -0.4 is 5.73 Å². The van der Waals surface area contributed by atoms with Gasteiger partial charge in [0.15, 0.2) is 5.16 Å². The van der Waals surface area contributed by atoms with Gasteiger partial charge in [-0.25, -0.2) is 4.98 Å². The number of para-hydroxylation sites is 1. The lowest BCUT2D eigenvalue weighted by Gasteiger charge is -2.06. The Morgan fingerprint density at radius 1 is 1.47 bits per heavy atom. The van der Waals surface area contributed by atoms with Crippen molar-refractivity contribution in [1.82, 2.24) is 9.55 Å². The maximum Gasteiger partial charge on any atom is 0.313 e. The third kappa shape index (κ3) is 2.99. The summed E-state index contributed by atoms with van der Waals surface area (Å²) in [6.07, 6.45) is 0. The minimum Gasteiger partial charge on any atom is -0.481 e. The van der Waals surface area contributed by atoms with Gasteiger partial charge in [-0.15, -0.1) is 0 Å². The normalized spacial score (nSPS) is 10.8. The number of halogens is 1. The number of aliphatic carboxylic acids is 1. The van der Waals surface area contributed by atoms with Crippen LogP contribution in [0.4, 0.5) is 0 Å². The van der Waals surface area contributed by atoms with Crippen LogP contribution in [0.25, 0.3) is 11.0 Å². The van der Waals surface area contributed by atoms with E-state index in [1.165, 1.54) is 4.57 Å². The number of aromatic nitrogens is 2. The molecule has 2 aromatic rings. The monoisotopic (exact) mass is 299 g/mol. The predicted molar refractivity (Wildman–Crippen MR) is 72.3 cm³/mol. The molecule has 19 heavy (non-hydrogen) atoms. The zero-order chi connectivity index (χ0) is 14.0. The van der Waals surface area contributed by atoms with Gasteiger partial charge >= 0.3 is 5.97 Å². The lowest BCUT2D eigenvalue weighted by atomic mass is 10.3. The van der Waals surface area contributed by atoms with Crippen molar-refractivity contribution >= 4 is 46.3 Å². The maximum absolute atomic E-state index is 11.1. The first-order valence-corrected chi connectivity index (χ1v) is 6.63. The summed E-state index contributed by atoms with van der Waals surface area (Å²) in [5, 5.41) is 9.55. The number of carboxylic acids is 1. The molecule has 1 heterocycles. The van der Waals surface area contributed by atoms with Gasteiger partial charge in [-0.05, 0) is 12.1 Å². The van der Waals surface area contributed by atoms with E-state index in [9.17, 15) is 9.59 Å². The summed E-state index contributed by atoms with van der Waals surface area (Å²) in [6.45, 7) is -0.0951. The lowest BCUT2D eigenvalue weighted by molar-refractivity contribution is -0.133. The quantitative estimate of drug-likeness (QED) is 0.812. The minimum atomic E-state index is -0.964. The molecule has 0 spiro atoms. The van der Waals surface area contributed by atoms with E-state index in [1.54, 1.807) is 18.2 Å². The van der Waals surface area contributed by atoms with Crippen molar-refractivity contribution in [3.8, 4) is 0 Å². The second-order valence-electron chi connectivity index (χ2n) is 3.74. The number of carboxylic acid groups (broad SMARTS) is 1. The highest BCUT2D eigenvalue weighted by Gasteiger charge is 2.16. The number of imidazole rings is 1. The van der Waals surface area contributed by atoms with Crippen molar-refractivity contribution in [2.24, 2.45) is 5.73 Å². The van der Waals surface area contributed by atoms with Crippen LogP contribution >= 0.6 is 23.4 Å². The molecule has 0 saturated heterocycles. The molecular weight excluding hydrogens is 290 g/mol. The molecular formula is C11H10ClN3O3S. The standard InChI is InChI=1S/C11H10ClN3O3S/c12-6-2-1-3-7-10(6)15(4-8(13)16)11(14-7)19-5-9(17)18/h1-3H,4-5H2,(H2,13,16)(H,17,18). The second-order valence-corrected chi connectivity index (χ2v) is 5.09. The summed E-state index contributed by atoms with van der Waals surface area (Å²) >= 11 is 7.10. The maximum atomic E-state index is 11.1. The molecule has 0 aliphatic carbocycles. The summed E-state index contributed by atoms with van der Waals surface area (Å²) < 4.78 is 1.54. The first-order chi connectivity index (χ1) is 8.99. The lowest BCUT2D eigenvalue weighted by Crippen LogP contribution is -2.19. The molecule has 6 nitrogen and oxygen atoms in total. The number of carbonyl (C=O) groups is 2. The van der Waals surface area contributed by atoms with Gasteiger partial charge in [0.1, 0.15) is 6.54 Å². The fraction of sp³-hybridized carbons (Fsp3) is 0.182. The van der Waals surface area contributed by atoms with Crippen molar-refractivity contribution in [2.75, 3.05) is 5.75 Å². The smallest absolute Gasteiger partial charge is 0.313 e. The van der Waals surface area contributed by atoms with Gasteiger partial charge < -0.3 is 15.4 Å². The van der Waals surface area contributed by atoms with Crippen molar-refractivity contribution in [3.63, 3.8) is 0 Å². The van der Waals surface area contributed by atoms with Gasteiger partial charge in [0.2, 0.25) is 5.91 Å². The van der Waals surface area contributed by atoms with Gasteiger partial charge in [-0.2, -0.15) is 0 Å². The number of benzene rings is 1. The number of nitrogens with zero attached hydrogens (tertiary/aromatic N) is 2. The zero-order valence-corrected chi connectivity index (χ0v) is 11.2. The van der Waals surface area contributed by atoms with E-state index >= 15 is 0 Å². The van der Waals surface area contributed by atoms with Crippen molar-refractivity contribution in [1.29, 1.82) is 0 Å². The molecule has 0 unspecified atom stereocenters. The molecule has 0 fully saturated rings. The highest BCUT2D eigenvalue weighted by Crippen LogP contribution is 2.28. The first kappa shape index (κ1) is 13.7. The Balaban J connectivity index is 2.52. The Labute approximate surface area is 117 Å². The molecule has 1 amide bonds. The van der Waals surface area contributed by atoms with Gasteiger partial charge in [-0.3, -0.25) is 9.59 Å². The molecule has 1 aromatic heterocycles. The fourth-order valence-electron chi connectivity index (χ4n) is 1.66. The van der Waals surface area contributed by atoms with E-state index < -0.39 is 11.9 Å². The Morgan fingerprint density at radius 3 is 2.84 bits per heavy atom. The highest BCUT2D eigenvalue weighted by atomic mass is 35.5. The Hall–Kier alpha value is -1.73. The molecule has 1 aromatic carbocycles. The molecule has 100 valence electrons. The third-order valence-electron chi connectivity index (χ3n) is 2.32. The van der Waals surface area contributed by atoms with Crippen molar-refractivity contribution in [2.45, 2.75) is 11.7 Å². The average molecular weight is 300 g/mol. The van der Waals surface area contributed by atoms with Gasteiger partial charge in [0.25, 0.3) is 0 Å². The molecule has 0 aliphatic heterocycles. The molecule has 2 rings (SSSR count). The van der Waals surface area contributed by atoms with Crippen LogP contribution in [0.1, 0.15) is 0 Å². The van der Waals surface area contributed by atoms with Crippen molar-refractivity contribution < 1.29 is 14.7 Å². The average Bonchev–Trinajstić information content (AvgIpc) is 2.65. The summed E-state index contributed by atoms with van der Waals surface area (Å²) in [7, 11) is 0. The fourth-order valence-corrected chi connectivity index (χ4v) is 2.66. The predicted octanol–water partition coefficient (Wildman–Crippen LogP) is 1.35. The molecule has 0 radical (unpaired) electrons. The van der Waals surface area contributed by atoms with E-state index in [-0.39, 0.29) is 12.3 Å². The topological polar surface area (TPSA) is 98.2 Å². The van der Waals surface area contributed by atoms with E-state index in [2.05, 4.69) is 4.98 Å². The summed E-state index contributed by atoms with van der Waals surface area (Å²) in [5.74, 6) is -1.66. The van der Waals surface area contributed by atoms with E-state index in [0.717, 1.165) is 11.8 Å². The zero-order valence-electron chi connectivity index (χ0n) is 9.67. The first-order valence-electron chi connectivity index (χ1n) is 5.26. The van der Waals surface area contributed by atoms with Crippen LogP contribution in [0.3, 0.4) is 0 Å². The highest BCUT2D eigenvalue weighted by molar-refractivity contribution is 7.99. The second kappa shape index (κ2) is 5.50. The number of rotatable bonds is 5. The molecule has 0 bridgehead atoms. The molecule has 8 heteroatoms. The van der Waals surface area contributed by atoms with Crippen LogP contribution in [-0.2, 0) is 16.1 Å². The third-order valence-corrected chi connectivity index (χ3v) is 3.59. The van der Waals surface area contributed by atoms with E-state index in [4.69, 9.17) is 22.4 Å². The Morgan fingerprint density at radius 2 is 2.21 bits per heavy atom. The van der Waals surface area contributed by atoms with Gasteiger partial charge in [-0.1, -0.05) is 29.4 Å². The number of fused-ring (bicyclic) bond motifs is 1. The minimum absolute atomic E-state index is 0.0951. The van der Waals surface area contributed by atoms with Crippen LogP contribution in [0.5, 0.6) is 0 Å². The Kier molecular flexibility index (Phi) is 3.96. The van der Waals surface area contributed by atoms with E-state index in [0.29, 0.717) is 21.2 Å². The number of primary amides is 1. The SMILES string of the molecule is NC(=O)Cn1c(SCC(=O)O)nc2cccc(Cl)c21. The van der Waals surface area contributed by atoms with E-state index in [1.807, 2.05) is 0 Å². The number of carbonyl (C=O) groups excluding carboxylic acids is 1. The number of thioether (sulfide) groups is 1. The molecule has 0 saturated carbocycles. The molecule has 3 N–H and O–H groups in total. The summed E-state index contributed by atoms with van der Waals surface area (Å²) in [4.78, 5) is 26.0. The van der Waals surface area contributed by atoms with Crippen LogP contribution in [-0.4, -0.2) is 32.3 Å². The van der Waals surface area contributed by atoms with Crippen molar-refractivity contribution in [3.05, 3.63) is 23.2 Å². The van der Waals surface area contributed by atoms with Gasteiger partial charge in [0.05, 0.1) is 21.8 Å². The molecule has 0 atom stereocenters. The number of nitrogens with two attached hydrogens (primary N) is 1. The summed E-state index contributed by atoms with van der Waals surface area (Å²) in [6, 6.07) is 5.15. The molecule has 0 aliphatic rings. The van der Waals surface area contributed by atoms with Crippen LogP contribution in [0.2, 0.25) is 5.02 Å². The number of amides is 1. The largest absolute Gasteiger partial charge is 0.481 e. The Bertz CT molecular complexity index is 656. The summed E-state index contributed by atoms with van der Waals surface area (Å²) in [5.41, 5.74) is 6.37. The van der Waals surface area contributed by atoms with Crippen LogP contribution in [0, 0.1) is 0 Å².